The molecule has 0 aromatic rings. The van der Waals surface area contributed by atoms with Crippen LogP contribution in [0.25, 0.3) is 0 Å². The van der Waals surface area contributed by atoms with E-state index in [1.165, 1.54) is 13.8 Å². The quantitative estimate of drug-likeness (QED) is 0.388. The topological polar surface area (TPSA) is 52.6 Å². The molecule has 0 saturated carbocycles. The maximum Gasteiger partial charge on any atom is 1.00 e. The molecule has 0 saturated heterocycles. The van der Waals surface area contributed by atoms with E-state index in [-0.39, 0.29) is 29.6 Å². The normalized spacial score (nSPS) is 7.40. The fraction of sp³-hybridized carbons (Fsp3) is 0.500. The number of hydrogen-bond acceptors (Lipinski definition) is 4. The molecule has 0 fully saturated rings. The van der Waals surface area contributed by atoms with Crippen LogP contribution in [0.5, 0.6) is 0 Å². The molecule has 0 unspecified atom stereocenters. The molecule has 0 atom stereocenters. The van der Waals surface area contributed by atoms with Crippen molar-refractivity contribution in [2.75, 3.05) is 0 Å². The van der Waals surface area contributed by atoms with Gasteiger partial charge in [0.2, 0.25) is 0 Å². The van der Waals surface area contributed by atoms with E-state index in [1.54, 1.807) is 0 Å². The van der Waals surface area contributed by atoms with E-state index in [2.05, 4.69) is 9.31 Å². The van der Waals surface area contributed by atoms with Crippen molar-refractivity contribution in [2.45, 2.75) is 13.8 Å². The van der Waals surface area contributed by atoms with E-state index in [0.29, 0.717) is 7.69 Å². The summed E-state index contributed by atoms with van der Waals surface area (Å²) >= 11 is 0. The Hall–Kier alpha value is 0.00494. The minimum Gasteiger partial charge on any atom is -0.702 e. The van der Waals surface area contributed by atoms with Gasteiger partial charge in [0.1, 0.15) is 7.69 Å². The van der Waals surface area contributed by atoms with Crippen molar-refractivity contribution in [1.29, 1.82) is 0 Å². The molecule has 0 N–H and O–H groups in total. The molecule has 10 heavy (non-hydrogen) atoms. The minimum atomic E-state index is -0.517. The smallest absolute Gasteiger partial charge is 0.702 e. The number of carbonyl (C=O) groups excluding carboxylic acids is 2. The van der Waals surface area contributed by atoms with E-state index in [9.17, 15) is 9.59 Å². The fourth-order valence-corrected chi connectivity index (χ4v) is 0.160. The van der Waals surface area contributed by atoms with Gasteiger partial charge in [-0.05, 0) is 0 Å². The summed E-state index contributed by atoms with van der Waals surface area (Å²) in [5, 5.41) is 0. The van der Waals surface area contributed by atoms with Gasteiger partial charge in [-0.2, -0.15) is 0 Å². The van der Waals surface area contributed by atoms with Gasteiger partial charge in [-0.15, -0.1) is 0 Å². The molecule has 0 aliphatic heterocycles. The Morgan fingerprint density at radius 1 is 1.10 bits per heavy atom. The Labute approximate surface area is 81.9 Å². The van der Waals surface area contributed by atoms with Crippen LogP contribution in [0, 0.1) is 0 Å². The zero-order chi connectivity index (χ0) is 7.28. The Morgan fingerprint density at radius 3 is 1.60 bits per heavy atom. The summed E-state index contributed by atoms with van der Waals surface area (Å²) in [7, 11) is 0.699. The zero-order valence-electron chi connectivity index (χ0n) is 6.21. The Kier molecular flexibility index (Phi) is 9.01. The molecule has 0 aromatic heterocycles. The standard InChI is InChI=1S/C4H6BO4.Na/c1-3(6)8-5-9-4(2)7;/h1-2H3;/q-1;+1. The van der Waals surface area contributed by atoms with Crippen molar-refractivity contribution in [1.82, 2.24) is 0 Å². The monoisotopic (exact) mass is 152 g/mol. The van der Waals surface area contributed by atoms with Crippen molar-refractivity contribution in [2.24, 2.45) is 0 Å². The van der Waals surface area contributed by atoms with E-state index < -0.39 is 11.9 Å². The minimum absolute atomic E-state index is 0. The largest absolute Gasteiger partial charge is 1.00 e. The van der Waals surface area contributed by atoms with Crippen molar-refractivity contribution < 1.29 is 48.5 Å². The first kappa shape index (κ1) is 12.7. The van der Waals surface area contributed by atoms with E-state index in [1.807, 2.05) is 0 Å². The molecule has 0 aliphatic carbocycles. The van der Waals surface area contributed by atoms with Crippen LogP contribution < -0.4 is 29.6 Å². The third-order valence-electron chi connectivity index (χ3n) is 0.428. The first-order valence-electron chi connectivity index (χ1n) is 2.29. The van der Waals surface area contributed by atoms with E-state index in [4.69, 9.17) is 0 Å². The zero-order valence-corrected chi connectivity index (χ0v) is 8.21. The van der Waals surface area contributed by atoms with Gasteiger partial charge in [0.15, 0.2) is 0 Å². The van der Waals surface area contributed by atoms with Gasteiger partial charge in [-0.25, -0.2) is 0 Å². The maximum atomic E-state index is 9.98. The second-order valence-corrected chi connectivity index (χ2v) is 1.32. The Bertz CT molecular complexity index is 112. The average Bonchev–Trinajstić information content (AvgIpc) is 1.63. The first-order valence-corrected chi connectivity index (χ1v) is 2.29. The Morgan fingerprint density at radius 2 is 1.40 bits per heavy atom. The van der Waals surface area contributed by atoms with Crippen molar-refractivity contribution in [3.05, 3.63) is 0 Å². The van der Waals surface area contributed by atoms with Gasteiger partial charge in [0.25, 0.3) is 11.9 Å². The molecule has 0 aliphatic rings. The molecule has 0 aromatic carbocycles. The van der Waals surface area contributed by atoms with Gasteiger partial charge < -0.3 is 9.31 Å². The van der Waals surface area contributed by atoms with Crippen LogP contribution in [0.4, 0.5) is 0 Å². The predicted molar refractivity (Wildman–Crippen MR) is 29.3 cm³/mol. The number of hydrogen-bond donors (Lipinski definition) is 0. The SMILES string of the molecule is CC(=O)O[B-]OC(C)=O.[Na+]. The molecule has 0 bridgehead atoms. The summed E-state index contributed by atoms with van der Waals surface area (Å²) in [4.78, 5) is 20.0. The van der Waals surface area contributed by atoms with Crippen LogP contribution in [0.15, 0.2) is 0 Å². The summed E-state index contributed by atoms with van der Waals surface area (Å²) in [5.41, 5.74) is 0. The van der Waals surface area contributed by atoms with Crippen molar-refractivity contribution >= 4 is 19.6 Å². The molecular formula is C4H6BNaO4. The second-order valence-electron chi connectivity index (χ2n) is 1.32. The second kappa shape index (κ2) is 7.12. The van der Waals surface area contributed by atoms with Crippen LogP contribution in [0.2, 0.25) is 0 Å². The molecular weight excluding hydrogens is 146 g/mol. The van der Waals surface area contributed by atoms with Gasteiger partial charge in [-0.3, -0.25) is 9.59 Å². The van der Waals surface area contributed by atoms with Crippen LogP contribution >= 0.6 is 0 Å². The summed E-state index contributed by atoms with van der Waals surface area (Å²) in [6, 6.07) is 0. The summed E-state index contributed by atoms with van der Waals surface area (Å²) in [6.07, 6.45) is 0. The predicted octanol–water partition coefficient (Wildman–Crippen LogP) is -3.35. The van der Waals surface area contributed by atoms with Crippen LogP contribution in [-0.2, 0) is 18.9 Å². The average molecular weight is 152 g/mol. The van der Waals surface area contributed by atoms with Gasteiger partial charge >= 0.3 is 29.6 Å². The van der Waals surface area contributed by atoms with E-state index in [0.717, 1.165) is 0 Å². The van der Waals surface area contributed by atoms with Gasteiger partial charge in [0.05, 0.1) is 0 Å². The molecule has 0 spiro atoms. The number of carbonyl (C=O) groups is 2. The number of rotatable bonds is 2. The third-order valence-corrected chi connectivity index (χ3v) is 0.428. The van der Waals surface area contributed by atoms with Crippen LogP contribution in [-0.4, -0.2) is 19.6 Å². The summed E-state index contributed by atoms with van der Waals surface area (Å²) in [5.74, 6) is -1.03. The molecule has 2 radical (unpaired) electrons. The van der Waals surface area contributed by atoms with Crippen molar-refractivity contribution in [3.63, 3.8) is 0 Å². The van der Waals surface area contributed by atoms with E-state index >= 15 is 0 Å². The van der Waals surface area contributed by atoms with Crippen molar-refractivity contribution in [3.8, 4) is 0 Å². The third kappa shape index (κ3) is 10.9. The molecule has 6 heteroatoms. The summed E-state index contributed by atoms with van der Waals surface area (Å²) in [6.45, 7) is 2.42. The molecule has 50 valence electrons. The Balaban J connectivity index is 0. The molecule has 0 rings (SSSR count). The fourth-order valence-electron chi connectivity index (χ4n) is 0.160. The first-order chi connectivity index (χ1) is 4.13. The van der Waals surface area contributed by atoms with Crippen LogP contribution in [0.1, 0.15) is 13.8 Å². The molecule has 0 heterocycles. The molecule has 0 amide bonds. The van der Waals surface area contributed by atoms with Gasteiger partial charge in [0, 0.05) is 13.8 Å². The van der Waals surface area contributed by atoms with Gasteiger partial charge in [-0.1, -0.05) is 0 Å². The maximum absolute atomic E-state index is 9.98. The van der Waals surface area contributed by atoms with Crippen LogP contribution in [0.3, 0.4) is 0 Å². The molecule has 4 nitrogen and oxygen atoms in total. The summed E-state index contributed by atoms with van der Waals surface area (Å²) < 4.78 is 8.29.